The molecule has 0 spiro atoms. The van der Waals surface area contributed by atoms with E-state index in [4.69, 9.17) is 0 Å². The van der Waals surface area contributed by atoms with Crippen LogP contribution in [0.4, 0.5) is 8.78 Å². The summed E-state index contributed by atoms with van der Waals surface area (Å²) in [6.45, 7) is 0.732. The molecule has 19 heavy (non-hydrogen) atoms. The molecule has 100 valence electrons. The zero-order chi connectivity index (χ0) is 13.8. The van der Waals surface area contributed by atoms with Gasteiger partial charge >= 0.3 is 0 Å². The van der Waals surface area contributed by atoms with Crippen LogP contribution in [0, 0.1) is 11.6 Å². The summed E-state index contributed by atoms with van der Waals surface area (Å²) >= 11 is 2.95. The van der Waals surface area contributed by atoms with Gasteiger partial charge in [0.2, 0.25) is 0 Å². The van der Waals surface area contributed by atoms with Crippen LogP contribution in [-0.2, 0) is 6.54 Å². The highest BCUT2D eigenvalue weighted by molar-refractivity contribution is 9.10. The van der Waals surface area contributed by atoms with Crippen LogP contribution in [0.2, 0.25) is 0 Å². The zero-order valence-corrected chi connectivity index (χ0v) is 11.3. The van der Waals surface area contributed by atoms with Gasteiger partial charge in [0.05, 0.1) is 6.33 Å². The first-order chi connectivity index (χ1) is 9.08. The Balaban J connectivity index is 2.00. The molecule has 0 atom stereocenters. The second-order valence-corrected chi connectivity index (χ2v) is 4.72. The summed E-state index contributed by atoms with van der Waals surface area (Å²) in [5, 5.41) is 2.46. The van der Waals surface area contributed by atoms with Gasteiger partial charge in [0.25, 0.3) is 5.91 Å². The fourth-order valence-electron chi connectivity index (χ4n) is 1.57. The Morgan fingerprint density at radius 1 is 1.37 bits per heavy atom. The van der Waals surface area contributed by atoms with Crippen molar-refractivity contribution in [1.29, 1.82) is 0 Å². The van der Waals surface area contributed by atoms with Gasteiger partial charge < -0.3 is 9.88 Å². The van der Waals surface area contributed by atoms with Gasteiger partial charge in [-0.25, -0.2) is 13.8 Å². The van der Waals surface area contributed by atoms with Gasteiger partial charge in [-0.15, -0.1) is 0 Å². The number of nitrogens with zero attached hydrogens (tertiary/aromatic N) is 2. The van der Waals surface area contributed by atoms with Gasteiger partial charge in [0, 0.05) is 30.0 Å². The average Bonchev–Trinajstić information content (AvgIpc) is 2.80. The Morgan fingerprint density at radius 2 is 2.05 bits per heavy atom. The van der Waals surface area contributed by atoms with Crippen molar-refractivity contribution >= 4 is 21.8 Å². The Hall–Kier alpha value is -1.76. The standard InChI is InChI=1S/C12H10BrF2N3O/c13-8-5-9(14)11(10(15)6-8)12(19)17-2-4-18-3-1-16-7-18/h1,3,5-7H,2,4H2,(H,17,19). The van der Waals surface area contributed by atoms with E-state index in [1.165, 1.54) is 0 Å². The van der Waals surface area contributed by atoms with Gasteiger partial charge in [-0.1, -0.05) is 15.9 Å². The number of carbonyl (C=O) groups is 1. The number of aromatic nitrogens is 2. The molecule has 0 bridgehead atoms. The maximum atomic E-state index is 13.5. The maximum absolute atomic E-state index is 13.5. The molecular formula is C12H10BrF2N3O. The molecular weight excluding hydrogens is 320 g/mol. The Bertz CT molecular complexity index is 564. The molecule has 1 N–H and O–H groups in total. The second kappa shape index (κ2) is 5.92. The lowest BCUT2D eigenvalue weighted by atomic mass is 10.2. The highest BCUT2D eigenvalue weighted by atomic mass is 79.9. The molecule has 1 amide bonds. The van der Waals surface area contributed by atoms with E-state index in [9.17, 15) is 13.6 Å². The van der Waals surface area contributed by atoms with Gasteiger partial charge in [0.15, 0.2) is 0 Å². The molecule has 0 saturated carbocycles. The van der Waals surface area contributed by atoms with Crippen LogP contribution in [0.1, 0.15) is 10.4 Å². The van der Waals surface area contributed by atoms with E-state index in [0.717, 1.165) is 12.1 Å². The first kappa shape index (κ1) is 13.7. The smallest absolute Gasteiger partial charge is 0.257 e. The molecule has 0 aliphatic carbocycles. The average molecular weight is 330 g/mol. The van der Waals surface area contributed by atoms with Crippen molar-refractivity contribution in [2.75, 3.05) is 6.54 Å². The van der Waals surface area contributed by atoms with E-state index in [2.05, 4.69) is 26.2 Å². The summed E-state index contributed by atoms with van der Waals surface area (Å²) in [4.78, 5) is 15.5. The number of nitrogens with one attached hydrogen (secondary N) is 1. The van der Waals surface area contributed by atoms with E-state index in [1.807, 2.05) is 0 Å². The van der Waals surface area contributed by atoms with E-state index in [-0.39, 0.29) is 11.0 Å². The lowest BCUT2D eigenvalue weighted by Crippen LogP contribution is -2.28. The van der Waals surface area contributed by atoms with E-state index in [0.29, 0.717) is 6.54 Å². The monoisotopic (exact) mass is 329 g/mol. The largest absolute Gasteiger partial charge is 0.350 e. The van der Waals surface area contributed by atoms with Crippen LogP contribution in [0.5, 0.6) is 0 Å². The molecule has 2 rings (SSSR count). The van der Waals surface area contributed by atoms with Crippen molar-refractivity contribution in [3.05, 3.63) is 52.5 Å². The molecule has 4 nitrogen and oxygen atoms in total. The third-order valence-electron chi connectivity index (χ3n) is 2.45. The van der Waals surface area contributed by atoms with Gasteiger partial charge in [-0.05, 0) is 12.1 Å². The molecule has 1 heterocycles. The van der Waals surface area contributed by atoms with E-state index < -0.39 is 23.1 Å². The molecule has 2 aromatic rings. The first-order valence-electron chi connectivity index (χ1n) is 5.46. The predicted octanol–water partition coefficient (Wildman–Crippen LogP) is 2.35. The van der Waals surface area contributed by atoms with E-state index >= 15 is 0 Å². The third kappa shape index (κ3) is 3.37. The summed E-state index contributed by atoms with van der Waals surface area (Å²) < 4.78 is 29.0. The van der Waals surface area contributed by atoms with Gasteiger partial charge in [-0.2, -0.15) is 0 Å². The number of hydrogen-bond donors (Lipinski definition) is 1. The lowest BCUT2D eigenvalue weighted by molar-refractivity contribution is 0.0944. The summed E-state index contributed by atoms with van der Waals surface area (Å²) in [7, 11) is 0. The third-order valence-corrected chi connectivity index (χ3v) is 2.91. The van der Waals surface area contributed by atoms with E-state index in [1.54, 1.807) is 23.3 Å². The Morgan fingerprint density at radius 3 is 2.63 bits per heavy atom. The minimum absolute atomic E-state index is 0.248. The van der Waals surface area contributed by atoms with Crippen LogP contribution in [0.3, 0.4) is 0 Å². The molecule has 1 aromatic heterocycles. The number of benzene rings is 1. The molecule has 0 radical (unpaired) electrons. The number of carbonyl (C=O) groups excluding carboxylic acids is 1. The van der Waals surface area contributed by atoms with Crippen molar-refractivity contribution < 1.29 is 13.6 Å². The predicted molar refractivity (Wildman–Crippen MR) is 68.6 cm³/mol. The molecule has 0 aliphatic heterocycles. The summed E-state index contributed by atoms with van der Waals surface area (Å²) in [5.41, 5.74) is -0.575. The SMILES string of the molecule is O=C(NCCn1ccnc1)c1c(F)cc(Br)cc1F. The summed E-state index contributed by atoms with van der Waals surface area (Å²) in [5.74, 6) is -2.57. The summed E-state index contributed by atoms with van der Waals surface area (Å²) in [6, 6.07) is 2.10. The van der Waals surface area contributed by atoms with Gasteiger partial charge in [-0.3, -0.25) is 4.79 Å². The topological polar surface area (TPSA) is 46.9 Å². The highest BCUT2D eigenvalue weighted by Crippen LogP contribution is 2.19. The minimum atomic E-state index is -0.896. The number of halogens is 3. The van der Waals surface area contributed by atoms with Crippen molar-refractivity contribution in [2.24, 2.45) is 0 Å². The summed E-state index contributed by atoms with van der Waals surface area (Å²) in [6.07, 6.45) is 4.93. The minimum Gasteiger partial charge on any atom is -0.350 e. The molecule has 1 aromatic carbocycles. The first-order valence-corrected chi connectivity index (χ1v) is 6.25. The lowest BCUT2D eigenvalue weighted by Gasteiger charge is -2.08. The number of imidazole rings is 1. The molecule has 0 aliphatic rings. The molecule has 7 heteroatoms. The van der Waals surface area contributed by atoms with Crippen molar-refractivity contribution in [1.82, 2.24) is 14.9 Å². The molecule has 0 saturated heterocycles. The van der Waals surface area contributed by atoms with Gasteiger partial charge in [0.1, 0.15) is 17.2 Å². The molecule has 0 fully saturated rings. The van der Waals surface area contributed by atoms with Crippen LogP contribution >= 0.6 is 15.9 Å². The quantitative estimate of drug-likeness (QED) is 0.936. The Kier molecular flexibility index (Phi) is 4.26. The van der Waals surface area contributed by atoms with Crippen LogP contribution in [0.15, 0.2) is 35.3 Å². The van der Waals surface area contributed by atoms with Crippen molar-refractivity contribution in [3.63, 3.8) is 0 Å². The van der Waals surface area contributed by atoms with Crippen LogP contribution in [-0.4, -0.2) is 22.0 Å². The Labute approximate surface area is 116 Å². The fraction of sp³-hybridized carbons (Fsp3) is 0.167. The van der Waals surface area contributed by atoms with Crippen LogP contribution < -0.4 is 5.32 Å². The van der Waals surface area contributed by atoms with Crippen molar-refractivity contribution in [3.8, 4) is 0 Å². The number of amides is 1. The number of rotatable bonds is 4. The van der Waals surface area contributed by atoms with Crippen molar-refractivity contribution in [2.45, 2.75) is 6.54 Å². The fourth-order valence-corrected chi connectivity index (χ4v) is 1.97. The zero-order valence-electron chi connectivity index (χ0n) is 9.74. The molecule has 0 unspecified atom stereocenters. The van der Waals surface area contributed by atoms with Crippen LogP contribution in [0.25, 0.3) is 0 Å². The normalized spacial score (nSPS) is 10.5. The number of hydrogen-bond acceptors (Lipinski definition) is 2. The maximum Gasteiger partial charge on any atom is 0.257 e. The second-order valence-electron chi connectivity index (χ2n) is 3.80. The highest BCUT2D eigenvalue weighted by Gasteiger charge is 2.17.